The number of carbonyl (C=O) groups excluding carboxylic acids is 1. The zero-order valence-corrected chi connectivity index (χ0v) is 48.0. The number of phosphoric acid groups is 1. The maximum Gasteiger partial charge on any atom is 0.472 e. The van der Waals surface area contributed by atoms with E-state index in [0.717, 1.165) is 70.6 Å². The zero-order chi connectivity index (χ0) is 52.2. The van der Waals surface area contributed by atoms with Gasteiger partial charge in [0.05, 0.1) is 39.9 Å². The number of phosphoric ester groups is 1. The second-order valence-electron chi connectivity index (χ2n) is 21.5. The highest BCUT2D eigenvalue weighted by Gasteiger charge is 2.32. The number of hydrogen-bond donors (Lipinski definition) is 4. The van der Waals surface area contributed by atoms with Gasteiger partial charge in [-0.3, -0.25) is 13.8 Å². The Labute approximate surface area is 439 Å². The van der Waals surface area contributed by atoms with Crippen molar-refractivity contribution in [2.75, 3.05) is 40.9 Å². The minimum Gasteiger partial charge on any atom is -0.390 e. The van der Waals surface area contributed by atoms with Gasteiger partial charge in [-0.2, -0.15) is 0 Å². The van der Waals surface area contributed by atoms with Crippen LogP contribution in [0, 0.1) is 0 Å². The summed E-state index contributed by atoms with van der Waals surface area (Å²) in [5.74, 6) is -0.256. The van der Waals surface area contributed by atoms with Crippen molar-refractivity contribution in [3.8, 4) is 0 Å². The van der Waals surface area contributed by atoms with E-state index in [9.17, 15) is 24.5 Å². The van der Waals surface area contributed by atoms with Crippen LogP contribution in [0.5, 0.6) is 0 Å². The number of amides is 1. The molecule has 4 atom stereocenters. The zero-order valence-electron chi connectivity index (χ0n) is 47.1. The molecular formula is C61H116N2O7P+. The monoisotopic (exact) mass is 1020 g/mol. The Hall–Kier alpha value is -1.84. The number of unbranched alkanes of at least 4 members (excludes halogenated alkanes) is 30. The van der Waals surface area contributed by atoms with E-state index >= 15 is 0 Å². The molecule has 0 bridgehead atoms. The summed E-state index contributed by atoms with van der Waals surface area (Å²) in [5.41, 5.74) is 0. The van der Waals surface area contributed by atoms with Gasteiger partial charge < -0.3 is 24.9 Å². The number of nitrogens with zero attached hydrogens (tertiary/aromatic N) is 1. The first-order valence-corrected chi connectivity index (χ1v) is 31.2. The number of rotatable bonds is 54. The molecule has 0 spiro atoms. The lowest BCUT2D eigenvalue weighted by molar-refractivity contribution is -0.870. The quantitative estimate of drug-likeness (QED) is 0.0207. The van der Waals surface area contributed by atoms with Gasteiger partial charge in [0.25, 0.3) is 0 Å². The van der Waals surface area contributed by atoms with E-state index in [0.29, 0.717) is 23.9 Å². The van der Waals surface area contributed by atoms with Gasteiger partial charge in [-0.15, -0.1) is 0 Å². The summed E-state index contributed by atoms with van der Waals surface area (Å²) in [6, 6.07) is -1.03. The van der Waals surface area contributed by atoms with Gasteiger partial charge in [-0.25, -0.2) is 4.57 Å². The van der Waals surface area contributed by atoms with Crippen molar-refractivity contribution in [2.24, 2.45) is 0 Å². The molecule has 0 rings (SSSR count). The number of aliphatic hydroxyl groups excluding tert-OH is 2. The molecule has 0 aliphatic carbocycles. The van der Waals surface area contributed by atoms with Crippen LogP contribution < -0.4 is 5.32 Å². The van der Waals surface area contributed by atoms with E-state index in [4.69, 9.17) is 9.05 Å². The number of aliphatic hydroxyl groups is 2. The number of carbonyl (C=O) groups is 1. The van der Waals surface area contributed by atoms with Gasteiger partial charge in [0, 0.05) is 6.42 Å². The van der Waals surface area contributed by atoms with E-state index in [1.165, 1.54) is 167 Å². The number of allylic oxidation sites excluding steroid dienone is 10. The predicted molar refractivity (Wildman–Crippen MR) is 306 cm³/mol. The molecule has 0 aliphatic rings. The molecule has 0 aromatic carbocycles. The van der Waals surface area contributed by atoms with Crippen molar-refractivity contribution in [2.45, 2.75) is 283 Å². The summed E-state index contributed by atoms with van der Waals surface area (Å²) in [5, 5.41) is 24.8. The van der Waals surface area contributed by atoms with E-state index in [-0.39, 0.29) is 12.5 Å². The van der Waals surface area contributed by atoms with Gasteiger partial charge in [0.15, 0.2) is 0 Å². The van der Waals surface area contributed by atoms with E-state index in [1.54, 1.807) is 0 Å². The third-order valence-corrected chi connectivity index (χ3v) is 14.4. The van der Waals surface area contributed by atoms with E-state index < -0.39 is 32.7 Å². The number of nitrogens with one attached hydrogen (secondary N) is 1. The van der Waals surface area contributed by atoms with Crippen LogP contribution in [0.4, 0.5) is 0 Å². The Morgan fingerprint density at radius 2 is 0.873 bits per heavy atom. The topological polar surface area (TPSA) is 125 Å². The average Bonchev–Trinajstić information content (AvgIpc) is 3.33. The van der Waals surface area contributed by atoms with Crippen LogP contribution in [-0.2, 0) is 18.4 Å². The normalized spacial score (nSPS) is 14.8. The van der Waals surface area contributed by atoms with Gasteiger partial charge in [-0.05, 0) is 57.8 Å². The van der Waals surface area contributed by atoms with Crippen LogP contribution in [0.1, 0.15) is 264 Å². The van der Waals surface area contributed by atoms with Crippen LogP contribution in [-0.4, -0.2) is 84.6 Å². The smallest absolute Gasteiger partial charge is 0.390 e. The van der Waals surface area contributed by atoms with Crippen molar-refractivity contribution in [3.63, 3.8) is 0 Å². The molecule has 1 amide bonds. The lowest BCUT2D eigenvalue weighted by Gasteiger charge is -2.28. The molecule has 0 radical (unpaired) electrons. The van der Waals surface area contributed by atoms with Crippen molar-refractivity contribution < 1.29 is 38.0 Å². The van der Waals surface area contributed by atoms with Crippen LogP contribution in [0.3, 0.4) is 0 Å². The molecule has 0 aliphatic heterocycles. The van der Waals surface area contributed by atoms with Crippen molar-refractivity contribution >= 4 is 13.7 Å². The molecule has 0 aromatic rings. The second kappa shape index (κ2) is 51.6. The molecule has 4 unspecified atom stereocenters. The highest BCUT2D eigenvalue weighted by atomic mass is 31.2. The van der Waals surface area contributed by atoms with Crippen molar-refractivity contribution in [1.82, 2.24) is 5.32 Å². The molecular weight excluding hydrogens is 904 g/mol. The Bertz CT molecular complexity index is 1360. The Morgan fingerprint density at radius 3 is 1.28 bits per heavy atom. The highest BCUT2D eigenvalue weighted by molar-refractivity contribution is 7.47. The molecule has 416 valence electrons. The Kier molecular flexibility index (Phi) is 50.3. The number of hydrogen-bond acceptors (Lipinski definition) is 6. The maximum absolute atomic E-state index is 13.0. The summed E-state index contributed by atoms with van der Waals surface area (Å²) >= 11 is 0. The first-order valence-electron chi connectivity index (χ1n) is 29.7. The van der Waals surface area contributed by atoms with Crippen LogP contribution in [0.25, 0.3) is 0 Å². The van der Waals surface area contributed by atoms with Crippen molar-refractivity contribution in [1.29, 1.82) is 0 Å². The molecule has 0 fully saturated rings. The largest absolute Gasteiger partial charge is 0.472 e. The SMILES string of the molecule is CC/C=C\C/C=C\C/C=C\C/C=C\C/C=C\CCCCCCCCCCCCCCCCCCCCCC(=O)NC(COP(=O)(O)OCC[N+](C)(C)C)C(O)C(O)CCCCCCCCCCCCCC. The minimum absolute atomic E-state index is 0.0221. The average molecular weight is 1020 g/mol. The molecule has 0 saturated heterocycles. The summed E-state index contributed by atoms with van der Waals surface area (Å²) in [7, 11) is 1.44. The predicted octanol–water partition coefficient (Wildman–Crippen LogP) is 17.1. The molecule has 0 heterocycles. The molecule has 71 heavy (non-hydrogen) atoms. The molecule has 4 N–H and O–H groups in total. The third kappa shape index (κ3) is 52.8. The Morgan fingerprint density at radius 1 is 0.507 bits per heavy atom. The van der Waals surface area contributed by atoms with Gasteiger partial charge in [0.2, 0.25) is 5.91 Å². The third-order valence-electron chi connectivity index (χ3n) is 13.4. The summed E-state index contributed by atoms with van der Waals surface area (Å²) in [6.45, 7) is 4.51. The first kappa shape index (κ1) is 69.2. The number of quaternary nitrogens is 1. The lowest BCUT2D eigenvalue weighted by Crippen LogP contribution is -2.51. The summed E-state index contributed by atoms with van der Waals surface area (Å²) in [6.07, 6.45) is 66.0. The van der Waals surface area contributed by atoms with Crippen LogP contribution >= 0.6 is 7.82 Å². The second-order valence-corrected chi connectivity index (χ2v) is 22.9. The molecule has 0 aromatic heterocycles. The molecule has 9 nitrogen and oxygen atoms in total. The highest BCUT2D eigenvalue weighted by Crippen LogP contribution is 2.43. The first-order chi connectivity index (χ1) is 34.4. The van der Waals surface area contributed by atoms with Gasteiger partial charge >= 0.3 is 7.82 Å². The lowest BCUT2D eigenvalue weighted by atomic mass is 9.99. The standard InChI is InChI=1S/C61H115N2O7P/c1-6-8-10-12-14-16-18-20-21-22-23-24-25-26-27-28-29-30-31-32-33-34-35-36-37-38-39-40-41-42-44-46-48-50-52-54-60(65)62-58(57-70-71(67,68)69-56-55-63(3,4)5)61(66)59(64)53-51-49-47-45-43-19-17-15-13-11-9-7-2/h8,10,14,16,20-21,23-24,26-27,58-59,61,64,66H,6-7,9,11-13,15,17-19,22,25,28-57H2,1-5H3,(H-,62,65,67,68)/p+1/b10-8-,16-14-,21-20-,24-23-,27-26-. The minimum atomic E-state index is -4.42. The fourth-order valence-electron chi connectivity index (χ4n) is 8.70. The fraction of sp³-hybridized carbons (Fsp3) is 0.820. The summed E-state index contributed by atoms with van der Waals surface area (Å²) < 4.78 is 23.6. The van der Waals surface area contributed by atoms with Gasteiger partial charge in [-0.1, -0.05) is 261 Å². The van der Waals surface area contributed by atoms with Crippen molar-refractivity contribution in [3.05, 3.63) is 60.8 Å². The van der Waals surface area contributed by atoms with Crippen LogP contribution in [0.15, 0.2) is 60.8 Å². The summed E-state index contributed by atoms with van der Waals surface area (Å²) in [4.78, 5) is 23.3. The molecule has 0 saturated carbocycles. The Balaban J connectivity index is 4.04. The molecule has 10 heteroatoms. The van der Waals surface area contributed by atoms with E-state index in [1.807, 2.05) is 21.1 Å². The fourth-order valence-corrected chi connectivity index (χ4v) is 9.44. The number of likely N-dealkylation sites (N-methyl/N-ethyl adjacent to an activating group) is 1. The van der Waals surface area contributed by atoms with E-state index in [2.05, 4.69) is 79.9 Å². The van der Waals surface area contributed by atoms with Gasteiger partial charge in [0.1, 0.15) is 19.3 Å². The maximum atomic E-state index is 13.0. The van der Waals surface area contributed by atoms with Crippen LogP contribution in [0.2, 0.25) is 0 Å².